The van der Waals surface area contributed by atoms with E-state index in [1.807, 2.05) is 31.2 Å². The van der Waals surface area contributed by atoms with Gasteiger partial charge >= 0.3 is 0 Å². The SMILES string of the molecule is Cc1ccc(CN2C(=O)CCC2C(=O)Nc2nonc2C)cc1. The van der Waals surface area contributed by atoms with Crippen LogP contribution in [-0.4, -0.2) is 33.1 Å². The van der Waals surface area contributed by atoms with Crippen LogP contribution in [0.2, 0.25) is 0 Å². The molecule has 1 unspecified atom stereocenters. The van der Waals surface area contributed by atoms with E-state index in [9.17, 15) is 9.59 Å². The van der Waals surface area contributed by atoms with E-state index in [1.54, 1.807) is 11.8 Å². The molecule has 3 rings (SSSR count). The third kappa shape index (κ3) is 3.23. The summed E-state index contributed by atoms with van der Waals surface area (Å²) in [6, 6.07) is 7.44. The minimum atomic E-state index is -0.500. The molecular formula is C16H18N4O3. The molecule has 2 amide bonds. The lowest BCUT2D eigenvalue weighted by atomic mass is 10.1. The Morgan fingerprint density at radius 1 is 1.30 bits per heavy atom. The van der Waals surface area contributed by atoms with Crippen LogP contribution in [0.15, 0.2) is 28.9 Å². The Kier molecular flexibility index (Phi) is 4.10. The molecule has 7 nitrogen and oxygen atoms in total. The molecule has 120 valence electrons. The molecule has 2 heterocycles. The van der Waals surface area contributed by atoms with Crippen molar-refractivity contribution in [2.24, 2.45) is 0 Å². The number of nitrogens with one attached hydrogen (secondary N) is 1. The van der Waals surface area contributed by atoms with E-state index in [2.05, 4.69) is 20.3 Å². The number of carbonyl (C=O) groups excluding carboxylic acids is 2. The summed E-state index contributed by atoms with van der Waals surface area (Å²) in [5.74, 6) is 0.0205. The van der Waals surface area contributed by atoms with Crippen molar-refractivity contribution in [2.45, 2.75) is 39.3 Å². The van der Waals surface area contributed by atoms with Crippen LogP contribution in [0.25, 0.3) is 0 Å². The van der Waals surface area contributed by atoms with Gasteiger partial charge in [-0.1, -0.05) is 35.0 Å². The molecule has 0 bridgehead atoms. The Labute approximate surface area is 133 Å². The number of likely N-dealkylation sites (tertiary alicyclic amines) is 1. The van der Waals surface area contributed by atoms with Crippen molar-refractivity contribution in [3.63, 3.8) is 0 Å². The number of anilines is 1. The first-order valence-corrected chi connectivity index (χ1v) is 7.49. The van der Waals surface area contributed by atoms with Gasteiger partial charge in [-0.3, -0.25) is 9.59 Å². The summed E-state index contributed by atoms with van der Waals surface area (Å²) in [4.78, 5) is 26.2. The van der Waals surface area contributed by atoms with Gasteiger partial charge in [0.05, 0.1) is 0 Å². The van der Waals surface area contributed by atoms with Gasteiger partial charge in [0, 0.05) is 13.0 Å². The zero-order chi connectivity index (χ0) is 16.4. The monoisotopic (exact) mass is 314 g/mol. The second-order valence-corrected chi connectivity index (χ2v) is 5.75. The van der Waals surface area contributed by atoms with E-state index in [0.717, 1.165) is 11.1 Å². The lowest BCUT2D eigenvalue weighted by Gasteiger charge is -2.23. The van der Waals surface area contributed by atoms with Crippen molar-refractivity contribution < 1.29 is 14.2 Å². The minimum Gasteiger partial charge on any atom is -0.326 e. The zero-order valence-electron chi connectivity index (χ0n) is 13.1. The molecule has 2 aromatic rings. The highest BCUT2D eigenvalue weighted by Crippen LogP contribution is 2.23. The summed E-state index contributed by atoms with van der Waals surface area (Å²) in [5.41, 5.74) is 2.67. The van der Waals surface area contributed by atoms with Gasteiger partial charge in [0.2, 0.25) is 11.8 Å². The predicted octanol–water partition coefficient (Wildman–Crippen LogP) is 1.82. The van der Waals surface area contributed by atoms with Crippen molar-refractivity contribution in [3.8, 4) is 0 Å². The number of carbonyl (C=O) groups is 2. The number of benzene rings is 1. The van der Waals surface area contributed by atoms with E-state index in [4.69, 9.17) is 0 Å². The quantitative estimate of drug-likeness (QED) is 0.930. The highest BCUT2D eigenvalue weighted by atomic mass is 16.6. The second kappa shape index (κ2) is 6.20. The first-order chi connectivity index (χ1) is 11.0. The molecule has 7 heteroatoms. The first kappa shape index (κ1) is 15.2. The maximum atomic E-state index is 12.5. The zero-order valence-corrected chi connectivity index (χ0v) is 13.1. The van der Waals surface area contributed by atoms with Crippen LogP contribution in [0.5, 0.6) is 0 Å². The van der Waals surface area contributed by atoms with E-state index in [0.29, 0.717) is 30.9 Å². The van der Waals surface area contributed by atoms with Gasteiger partial charge in [0.25, 0.3) is 0 Å². The van der Waals surface area contributed by atoms with Gasteiger partial charge in [0.1, 0.15) is 11.7 Å². The summed E-state index contributed by atoms with van der Waals surface area (Å²) >= 11 is 0. The fourth-order valence-electron chi connectivity index (χ4n) is 2.64. The number of aromatic nitrogens is 2. The summed E-state index contributed by atoms with van der Waals surface area (Å²) in [7, 11) is 0. The van der Waals surface area contributed by atoms with Crippen molar-refractivity contribution in [1.82, 2.24) is 15.2 Å². The molecule has 0 aliphatic carbocycles. The van der Waals surface area contributed by atoms with Crippen LogP contribution < -0.4 is 5.32 Å². The average Bonchev–Trinajstić information content (AvgIpc) is 3.09. The standard InChI is InChI=1S/C16H18N4O3/c1-10-3-5-12(6-4-10)9-20-13(7-8-14(20)21)16(22)17-15-11(2)18-23-19-15/h3-6,13H,7-9H2,1-2H3,(H,17,19,22). The molecular weight excluding hydrogens is 296 g/mol. The fourth-order valence-corrected chi connectivity index (χ4v) is 2.64. The molecule has 0 spiro atoms. The Balaban J connectivity index is 1.72. The summed E-state index contributed by atoms with van der Waals surface area (Å²) in [6.07, 6.45) is 0.876. The molecule has 1 aliphatic heterocycles. The van der Waals surface area contributed by atoms with E-state index in [-0.39, 0.29) is 11.8 Å². The topological polar surface area (TPSA) is 88.3 Å². The van der Waals surface area contributed by atoms with Crippen LogP contribution in [-0.2, 0) is 16.1 Å². The van der Waals surface area contributed by atoms with Crippen LogP contribution >= 0.6 is 0 Å². The van der Waals surface area contributed by atoms with Crippen molar-refractivity contribution in [3.05, 3.63) is 41.1 Å². The van der Waals surface area contributed by atoms with Gasteiger partial charge in [-0.25, -0.2) is 4.63 Å². The van der Waals surface area contributed by atoms with Gasteiger partial charge < -0.3 is 10.2 Å². The smallest absolute Gasteiger partial charge is 0.248 e. The first-order valence-electron chi connectivity index (χ1n) is 7.49. The average molecular weight is 314 g/mol. The number of aryl methyl sites for hydroxylation is 2. The summed E-state index contributed by atoms with van der Waals surface area (Å²) in [6.45, 7) is 4.12. The lowest BCUT2D eigenvalue weighted by Crippen LogP contribution is -2.41. The van der Waals surface area contributed by atoms with E-state index >= 15 is 0 Å². The summed E-state index contributed by atoms with van der Waals surface area (Å²) < 4.78 is 4.57. The predicted molar refractivity (Wildman–Crippen MR) is 82.4 cm³/mol. The maximum Gasteiger partial charge on any atom is 0.248 e. The molecule has 1 aromatic carbocycles. The Hall–Kier alpha value is -2.70. The minimum absolute atomic E-state index is 0.0132. The molecule has 0 radical (unpaired) electrons. The molecule has 1 aliphatic rings. The molecule has 1 saturated heterocycles. The van der Waals surface area contributed by atoms with E-state index < -0.39 is 6.04 Å². The van der Waals surface area contributed by atoms with Crippen LogP contribution in [0.4, 0.5) is 5.82 Å². The number of rotatable bonds is 4. The number of amides is 2. The molecule has 1 atom stereocenters. The molecule has 23 heavy (non-hydrogen) atoms. The van der Waals surface area contributed by atoms with Crippen LogP contribution in [0.3, 0.4) is 0 Å². The van der Waals surface area contributed by atoms with Gasteiger partial charge in [0.15, 0.2) is 5.82 Å². The number of hydrogen-bond donors (Lipinski definition) is 1. The third-order valence-electron chi connectivity index (χ3n) is 4.00. The van der Waals surface area contributed by atoms with Crippen molar-refractivity contribution >= 4 is 17.6 Å². The molecule has 1 N–H and O–H groups in total. The maximum absolute atomic E-state index is 12.5. The highest BCUT2D eigenvalue weighted by molar-refractivity contribution is 5.98. The largest absolute Gasteiger partial charge is 0.326 e. The second-order valence-electron chi connectivity index (χ2n) is 5.75. The molecule has 1 fully saturated rings. The van der Waals surface area contributed by atoms with Gasteiger partial charge in [-0.15, -0.1) is 0 Å². The summed E-state index contributed by atoms with van der Waals surface area (Å²) in [5, 5.41) is 9.95. The van der Waals surface area contributed by atoms with Crippen LogP contribution in [0.1, 0.15) is 29.7 Å². The lowest BCUT2D eigenvalue weighted by molar-refractivity contribution is -0.133. The van der Waals surface area contributed by atoms with Crippen LogP contribution in [0, 0.1) is 13.8 Å². The highest BCUT2D eigenvalue weighted by Gasteiger charge is 2.36. The third-order valence-corrected chi connectivity index (χ3v) is 4.00. The molecule has 1 aromatic heterocycles. The van der Waals surface area contributed by atoms with Gasteiger partial charge in [-0.2, -0.15) is 0 Å². The number of hydrogen-bond acceptors (Lipinski definition) is 5. The number of nitrogens with zero attached hydrogens (tertiary/aromatic N) is 3. The van der Waals surface area contributed by atoms with E-state index in [1.165, 1.54) is 0 Å². The van der Waals surface area contributed by atoms with Gasteiger partial charge in [-0.05, 0) is 31.0 Å². The fraction of sp³-hybridized carbons (Fsp3) is 0.375. The Bertz CT molecular complexity index is 723. The Morgan fingerprint density at radius 2 is 2.04 bits per heavy atom. The van der Waals surface area contributed by atoms with Crippen molar-refractivity contribution in [2.75, 3.05) is 5.32 Å². The normalized spacial score (nSPS) is 17.6. The Morgan fingerprint density at radius 3 is 2.70 bits per heavy atom. The molecule has 0 saturated carbocycles. The van der Waals surface area contributed by atoms with Crippen molar-refractivity contribution in [1.29, 1.82) is 0 Å².